The van der Waals surface area contributed by atoms with E-state index in [1.54, 1.807) is 0 Å². The molecule has 0 aliphatic carbocycles. The van der Waals surface area contributed by atoms with E-state index in [0.717, 1.165) is 0 Å². The lowest BCUT2D eigenvalue weighted by molar-refractivity contribution is -0.0569. The largest absolute Gasteiger partial charge is 0.344 e. The summed E-state index contributed by atoms with van der Waals surface area (Å²) in [7, 11) is 0. The van der Waals surface area contributed by atoms with Crippen molar-refractivity contribution in [3.8, 4) is 0 Å². The van der Waals surface area contributed by atoms with Crippen molar-refractivity contribution in [3.05, 3.63) is 0 Å². The Morgan fingerprint density at radius 2 is 2.18 bits per heavy atom. The minimum Gasteiger partial charge on any atom is -0.344 e. The van der Waals surface area contributed by atoms with Gasteiger partial charge >= 0.3 is 0 Å². The molecular weight excluding hydrogens is 144 g/mol. The molecule has 11 heavy (non-hydrogen) atoms. The molecule has 0 amide bonds. The highest BCUT2D eigenvalue weighted by Crippen LogP contribution is 2.27. The highest BCUT2D eigenvalue weighted by Gasteiger charge is 2.41. The molecule has 1 aliphatic rings. The summed E-state index contributed by atoms with van der Waals surface area (Å²) in [5.74, 6) is 5.11. The van der Waals surface area contributed by atoms with Crippen LogP contribution in [0.15, 0.2) is 0 Å². The highest BCUT2D eigenvalue weighted by molar-refractivity contribution is 4.80. The normalized spacial score (nSPS) is 30.5. The SMILES string of the molecule is CC(C)(C)OC1OC1CNN. The summed E-state index contributed by atoms with van der Waals surface area (Å²) in [6, 6.07) is 0. The second kappa shape index (κ2) is 3.06. The van der Waals surface area contributed by atoms with E-state index in [0.29, 0.717) is 6.54 Å². The molecule has 0 aromatic rings. The van der Waals surface area contributed by atoms with Crippen molar-refractivity contribution in [3.63, 3.8) is 0 Å². The van der Waals surface area contributed by atoms with Gasteiger partial charge < -0.3 is 9.47 Å². The zero-order chi connectivity index (χ0) is 8.48. The fraction of sp³-hybridized carbons (Fsp3) is 1.00. The number of hydrazine groups is 1. The molecule has 0 aromatic carbocycles. The molecule has 4 heteroatoms. The standard InChI is InChI=1S/C7H16N2O2/c1-7(2,3)11-6-5(10-6)4-9-8/h5-6,9H,4,8H2,1-3H3. The molecule has 0 saturated carbocycles. The Labute approximate surface area is 67.0 Å². The maximum Gasteiger partial charge on any atom is 0.186 e. The van der Waals surface area contributed by atoms with E-state index in [1.165, 1.54) is 0 Å². The van der Waals surface area contributed by atoms with Crippen LogP contribution in [0.4, 0.5) is 0 Å². The van der Waals surface area contributed by atoms with Crippen LogP contribution in [-0.4, -0.2) is 24.5 Å². The number of nitrogens with two attached hydrogens (primary N) is 1. The molecule has 2 unspecified atom stereocenters. The first kappa shape index (κ1) is 8.93. The lowest BCUT2D eigenvalue weighted by Crippen LogP contribution is -2.29. The Morgan fingerprint density at radius 3 is 2.64 bits per heavy atom. The quantitative estimate of drug-likeness (QED) is 0.346. The van der Waals surface area contributed by atoms with Crippen LogP contribution in [0, 0.1) is 0 Å². The van der Waals surface area contributed by atoms with E-state index in [1.807, 2.05) is 20.8 Å². The average Bonchev–Trinajstić information content (AvgIpc) is 2.44. The van der Waals surface area contributed by atoms with Crippen LogP contribution in [0.25, 0.3) is 0 Å². The second-order valence-electron chi connectivity index (χ2n) is 3.68. The van der Waals surface area contributed by atoms with Gasteiger partial charge in [0.2, 0.25) is 0 Å². The summed E-state index contributed by atoms with van der Waals surface area (Å²) < 4.78 is 10.7. The van der Waals surface area contributed by atoms with Crippen LogP contribution in [-0.2, 0) is 9.47 Å². The van der Waals surface area contributed by atoms with Crippen molar-refractivity contribution >= 4 is 0 Å². The van der Waals surface area contributed by atoms with E-state index in [9.17, 15) is 0 Å². The minimum absolute atomic E-state index is 0.0638. The van der Waals surface area contributed by atoms with Crippen LogP contribution >= 0.6 is 0 Å². The maximum absolute atomic E-state index is 5.50. The summed E-state index contributed by atoms with van der Waals surface area (Å²) in [6.07, 6.45) is 0.0743. The van der Waals surface area contributed by atoms with Crippen molar-refractivity contribution in [1.82, 2.24) is 5.43 Å². The first-order valence-electron chi connectivity index (χ1n) is 3.80. The van der Waals surface area contributed by atoms with Crippen LogP contribution in [0.2, 0.25) is 0 Å². The fourth-order valence-electron chi connectivity index (χ4n) is 0.840. The van der Waals surface area contributed by atoms with Crippen molar-refractivity contribution in [2.24, 2.45) is 5.84 Å². The summed E-state index contributed by atoms with van der Waals surface area (Å²) in [6.45, 7) is 6.66. The van der Waals surface area contributed by atoms with Gasteiger partial charge in [-0.3, -0.25) is 11.3 Å². The van der Waals surface area contributed by atoms with Crippen molar-refractivity contribution < 1.29 is 9.47 Å². The van der Waals surface area contributed by atoms with Gasteiger partial charge in [0.05, 0.1) is 5.60 Å². The molecule has 1 aliphatic heterocycles. The number of rotatable bonds is 3. The van der Waals surface area contributed by atoms with Crippen LogP contribution in [0.5, 0.6) is 0 Å². The summed E-state index contributed by atoms with van der Waals surface area (Å²) in [5, 5.41) is 0. The smallest absolute Gasteiger partial charge is 0.186 e. The van der Waals surface area contributed by atoms with Crippen molar-refractivity contribution in [2.75, 3.05) is 6.54 Å². The Kier molecular flexibility index (Phi) is 2.49. The van der Waals surface area contributed by atoms with Gasteiger partial charge in [0.15, 0.2) is 6.29 Å². The van der Waals surface area contributed by atoms with E-state index in [2.05, 4.69) is 5.43 Å². The van der Waals surface area contributed by atoms with Crippen molar-refractivity contribution in [2.45, 2.75) is 38.8 Å². The molecule has 1 heterocycles. The third-order valence-corrected chi connectivity index (χ3v) is 1.32. The van der Waals surface area contributed by atoms with E-state index in [4.69, 9.17) is 15.3 Å². The van der Waals surface area contributed by atoms with Gasteiger partial charge in [0.1, 0.15) is 6.10 Å². The van der Waals surface area contributed by atoms with E-state index in [-0.39, 0.29) is 18.0 Å². The summed E-state index contributed by atoms with van der Waals surface area (Å²) >= 11 is 0. The van der Waals surface area contributed by atoms with Gasteiger partial charge in [0.25, 0.3) is 0 Å². The molecular formula is C7H16N2O2. The van der Waals surface area contributed by atoms with Gasteiger partial charge in [-0.1, -0.05) is 0 Å². The molecule has 0 radical (unpaired) electrons. The number of epoxide rings is 1. The predicted molar refractivity (Wildman–Crippen MR) is 41.7 cm³/mol. The first-order chi connectivity index (χ1) is 5.03. The van der Waals surface area contributed by atoms with Crippen LogP contribution in [0.1, 0.15) is 20.8 Å². The molecule has 1 saturated heterocycles. The Morgan fingerprint density at radius 1 is 1.55 bits per heavy atom. The third kappa shape index (κ3) is 3.16. The molecule has 0 aromatic heterocycles. The number of ether oxygens (including phenoxy) is 2. The Hall–Kier alpha value is -0.160. The topological polar surface area (TPSA) is 59.8 Å². The third-order valence-electron chi connectivity index (χ3n) is 1.32. The molecule has 66 valence electrons. The molecule has 4 nitrogen and oxygen atoms in total. The lowest BCUT2D eigenvalue weighted by Gasteiger charge is -2.17. The maximum atomic E-state index is 5.50. The van der Waals surface area contributed by atoms with E-state index < -0.39 is 0 Å². The molecule has 1 rings (SSSR count). The molecule has 1 fully saturated rings. The van der Waals surface area contributed by atoms with Crippen LogP contribution in [0.3, 0.4) is 0 Å². The summed E-state index contributed by atoms with van der Waals surface area (Å²) in [4.78, 5) is 0. The van der Waals surface area contributed by atoms with Gasteiger partial charge in [0, 0.05) is 6.54 Å². The first-order valence-corrected chi connectivity index (χ1v) is 3.80. The zero-order valence-electron chi connectivity index (χ0n) is 7.26. The predicted octanol–water partition coefficient (Wildman–Crippen LogP) is -0.0103. The molecule has 0 spiro atoms. The Bertz CT molecular complexity index is 133. The lowest BCUT2D eigenvalue weighted by atomic mass is 10.2. The number of nitrogens with one attached hydrogen (secondary N) is 1. The fourth-order valence-corrected chi connectivity index (χ4v) is 0.840. The molecule has 3 N–H and O–H groups in total. The second-order valence-corrected chi connectivity index (χ2v) is 3.68. The monoisotopic (exact) mass is 160 g/mol. The Balaban J connectivity index is 2.13. The van der Waals surface area contributed by atoms with E-state index >= 15 is 0 Å². The average molecular weight is 160 g/mol. The van der Waals surface area contributed by atoms with Crippen molar-refractivity contribution in [1.29, 1.82) is 0 Å². The number of hydrogen-bond donors (Lipinski definition) is 2. The van der Waals surface area contributed by atoms with Crippen LogP contribution < -0.4 is 11.3 Å². The molecule has 2 atom stereocenters. The number of hydrogen-bond acceptors (Lipinski definition) is 4. The van der Waals surface area contributed by atoms with Gasteiger partial charge in [-0.15, -0.1) is 0 Å². The molecule has 0 bridgehead atoms. The van der Waals surface area contributed by atoms with Gasteiger partial charge in [-0.2, -0.15) is 0 Å². The zero-order valence-corrected chi connectivity index (χ0v) is 7.26. The highest BCUT2D eigenvalue weighted by atomic mass is 16.8. The van der Waals surface area contributed by atoms with Gasteiger partial charge in [-0.05, 0) is 20.8 Å². The van der Waals surface area contributed by atoms with Gasteiger partial charge in [-0.25, -0.2) is 0 Å². The summed E-state index contributed by atoms with van der Waals surface area (Å²) in [5.41, 5.74) is 2.41. The minimum atomic E-state index is -0.131.